The SMILES string of the molecule is OCCN(Cc1nc2ccccc2[nH]1)C1CCCC1. The number of rotatable bonds is 5. The first-order chi connectivity index (χ1) is 9.36. The predicted octanol–water partition coefficient (Wildman–Crippen LogP) is 2.30. The minimum absolute atomic E-state index is 0.219. The van der Waals surface area contributed by atoms with Crippen molar-refractivity contribution in [1.29, 1.82) is 0 Å². The van der Waals surface area contributed by atoms with Gasteiger partial charge in [0.25, 0.3) is 0 Å². The standard InChI is InChI=1S/C15H21N3O/c19-10-9-18(12-5-1-2-6-12)11-15-16-13-7-3-4-8-14(13)17-15/h3-4,7-8,12,19H,1-2,5-6,9-11H2,(H,16,17). The van der Waals surface area contributed by atoms with Gasteiger partial charge in [0, 0.05) is 12.6 Å². The van der Waals surface area contributed by atoms with Crippen molar-refractivity contribution in [3.63, 3.8) is 0 Å². The number of nitrogens with one attached hydrogen (secondary N) is 1. The fourth-order valence-corrected chi connectivity index (χ4v) is 3.06. The van der Waals surface area contributed by atoms with Crippen molar-refractivity contribution in [2.75, 3.05) is 13.2 Å². The molecule has 1 saturated carbocycles. The second-order valence-corrected chi connectivity index (χ2v) is 5.33. The highest BCUT2D eigenvalue weighted by atomic mass is 16.3. The molecule has 4 nitrogen and oxygen atoms in total. The van der Waals surface area contributed by atoms with Crippen LogP contribution in [-0.2, 0) is 6.54 Å². The maximum Gasteiger partial charge on any atom is 0.121 e. The summed E-state index contributed by atoms with van der Waals surface area (Å²) in [6.45, 7) is 1.76. The van der Waals surface area contributed by atoms with Gasteiger partial charge in [-0.2, -0.15) is 0 Å². The van der Waals surface area contributed by atoms with E-state index >= 15 is 0 Å². The smallest absolute Gasteiger partial charge is 0.121 e. The zero-order valence-electron chi connectivity index (χ0n) is 11.2. The molecule has 0 unspecified atom stereocenters. The quantitative estimate of drug-likeness (QED) is 0.866. The normalized spacial score (nSPS) is 16.7. The lowest BCUT2D eigenvalue weighted by Gasteiger charge is -2.26. The number of H-pyrrole nitrogens is 1. The van der Waals surface area contributed by atoms with E-state index in [-0.39, 0.29) is 6.61 Å². The Morgan fingerprint density at radius 1 is 1.26 bits per heavy atom. The summed E-state index contributed by atoms with van der Waals surface area (Å²) in [6.07, 6.45) is 5.12. The zero-order chi connectivity index (χ0) is 13.1. The van der Waals surface area contributed by atoms with E-state index in [9.17, 15) is 5.11 Å². The molecular weight excluding hydrogens is 238 g/mol. The monoisotopic (exact) mass is 259 g/mol. The van der Waals surface area contributed by atoms with Gasteiger partial charge in [0.1, 0.15) is 5.82 Å². The molecule has 0 amide bonds. The van der Waals surface area contributed by atoms with E-state index < -0.39 is 0 Å². The van der Waals surface area contributed by atoms with Gasteiger partial charge in [0.15, 0.2) is 0 Å². The summed E-state index contributed by atoms with van der Waals surface area (Å²) >= 11 is 0. The van der Waals surface area contributed by atoms with Crippen molar-refractivity contribution in [3.8, 4) is 0 Å². The molecule has 102 valence electrons. The molecule has 1 aliphatic carbocycles. The Hall–Kier alpha value is -1.39. The summed E-state index contributed by atoms with van der Waals surface area (Å²) in [5.74, 6) is 1.00. The van der Waals surface area contributed by atoms with Gasteiger partial charge < -0.3 is 10.1 Å². The van der Waals surface area contributed by atoms with Crippen LogP contribution in [0.5, 0.6) is 0 Å². The number of aromatic nitrogens is 2. The molecule has 0 radical (unpaired) electrons. The van der Waals surface area contributed by atoms with Crippen molar-refractivity contribution >= 4 is 11.0 Å². The Morgan fingerprint density at radius 3 is 2.79 bits per heavy atom. The molecule has 1 aliphatic rings. The fourth-order valence-electron chi connectivity index (χ4n) is 3.06. The first-order valence-corrected chi connectivity index (χ1v) is 7.15. The first-order valence-electron chi connectivity index (χ1n) is 7.15. The number of fused-ring (bicyclic) bond motifs is 1. The van der Waals surface area contributed by atoms with Crippen molar-refractivity contribution in [3.05, 3.63) is 30.1 Å². The third-order valence-electron chi connectivity index (χ3n) is 4.02. The molecule has 19 heavy (non-hydrogen) atoms. The first kappa shape index (κ1) is 12.6. The van der Waals surface area contributed by atoms with Crippen LogP contribution in [0.4, 0.5) is 0 Å². The van der Waals surface area contributed by atoms with E-state index in [2.05, 4.69) is 20.9 Å². The lowest BCUT2D eigenvalue weighted by atomic mass is 10.2. The highest BCUT2D eigenvalue weighted by Gasteiger charge is 2.23. The summed E-state index contributed by atoms with van der Waals surface area (Å²) in [7, 11) is 0. The third-order valence-corrected chi connectivity index (χ3v) is 4.02. The summed E-state index contributed by atoms with van der Waals surface area (Å²) in [4.78, 5) is 10.4. The van der Waals surface area contributed by atoms with Gasteiger partial charge in [-0.25, -0.2) is 4.98 Å². The van der Waals surface area contributed by atoms with Crippen LogP contribution in [0.15, 0.2) is 24.3 Å². The van der Waals surface area contributed by atoms with Crippen LogP contribution < -0.4 is 0 Å². The Balaban J connectivity index is 1.76. The fraction of sp³-hybridized carbons (Fsp3) is 0.533. The minimum Gasteiger partial charge on any atom is -0.395 e. The Bertz CT molecular complexity index is 498. The van der Waals surface area contributed by atoms with Gasteiger partial charge in [-0.05, 0) is 25.0 Å². The number of aliphatic hydroxyl groups excluding tert-OH is 1. The van der Waals surface area contributed by atoms with Gasteiger partial charge in [-0.15, -0.1) is 0 Å². The van der Waals surface area contributed by atoms with Crippen LogP contribution >= 0.6 is 0 Å². The van der Waals surface area contributed by atoms with Crippen molar-refractivity contribution in [1.82, 2.24) is 14.9 Å². The number of imidazole rings is 1. The van der Waals surface area contributed by atoms with Gasteiger partial charge >= 0.3 is 0 Å². The largest absolute Gasteiger partial charge is 0.395 e. The van der Waals surface area contributed by atoms with Gasteiger partial charge in [-0.3, -0.25) is 4.90 Å². The van der Waals surface area contributed by atoms with E-state index in [1.54, 1.807) is 0 Å². The predicted molar refractivity (Wildman–Crippen MR) is 75.8 cm³/mol. The second kappa shape index (κ2) is 5.72. The average molecular weight is 259 g/mol. The van der Waals surface area contributed by atoms with Gasteiger partial charge in [0.05, 0.1) is 24.2 Å². The Kier molecular flexibility index (Phi) is 3.80. The summed E-state index contributed by atoms with van der Waals surface area (Å²) in [5.41, 5.74) is 2.11. The second-order valence-electron chi connectivity index (χ2n) is 5.33. The molecule has 2 aromatic rings. The maximum absolute atomic E-state index is 9.24. The molecule has 0 spiro atoms. The van der Waals surface area contributed by atoms with Crippen LogP contribution in [0.1, 0.15) is 31.5 Å². The van der Waals surface area contributed by atoms with Crippen molar-refractivity contribution in [2.24, 2.45) is 0 Å². The number of benzene rings is 1. The minimum atomic E-state index is 0.219. The van der Waals surface area contributed by atoms with Crippen LogP contribution in [0.2, 0.25) is 0 Å². The van der Waals surface area contributed by atoms with Gasteiger partial charge in [-0.1, -0.05) is 25.0 Å². The van der Waals surface area contributed by atoms with Crippen molar-refractivity contribution in [2.45, 2.75) is 38.3 Å². The highest BCUT2D eigenvalue weighted by molar-refractivity contribution is 5.74. The van der Waals surface area contributed by atoms with Crippen LogP contribution in [0, 0.1) is 0 Å². The lowest BCUT2D eigenvalue weighted by molar-refractivity contribution is 0.142. The molecule has 1 fully saturated rings. The molecule has 1 heterocycles. The Labute approximate surface area is 113 Å². The van der Waals surface area contributed by atoms with E-state index in [1.165, 1.54) is 25.7 Å². The number of aliphatic hydroxyl groups is 1. The molecule has 2 N–H and O–H groups in total. The van der Waals surface area contributed by atoms with Crippen LogP contribution in [-0.4, -0.2) is 39.2 Å². The van der Waals surface area contributed by atoms with E-state index in [4.69, 9.17) is 0 Å². The van der Waals surface area contributed by atoms with E-state index in [1.807, 2.05) is 18.2 Å². The topological polar surface area (TPSA) is 52.1 Å². The molecule has 0 bridgehead atoms. The molecule has 3 rings (SSSR count). The van der Waals surface area contributed by atoms with E-state index in [0.29, 0.717) is 6.04 Å². The van der Waals surface area contributed by atoms with E-state index in [0.717, 1.165) is 29.9 Å². The average Bonchev–Trinajstić information content (AvgIpc) is 3.07. The van der Waals surface area contributed by atoms with Gasteiger partial charge in [0.2, 0.25) is 0 Å². The molecule has 0 aliphatic heterocycles. The number of hydrogen-bond donors (Lipinski definition) is 2. The number of aromatic amines is 1. The molecule has 4 heteroatoms. The van der Waals surface area contributed by atoms with Crippen molar-refractivity contribution < 1.29 is 5.11 Å². The lowest BCUT2D eigenvalue weighted by Crippen LogP contribution is -2.35. The Morgan fingerprint density at radius 2 is 2.05 bits per heavy atom. The summed E-state index contributed by atoms with van der Waals surface area (Å²) in [6, 6.07) is 8.72. The molecule has 0 atom stereocenters. The van der Waals surface area contributed by atoms with Crippen LogP contribution in [0.3, 0.4) is 0 Å². The molecule has 1 aromatic heterocycles. The molecule has 1 aromatic carbocycles. The molecular formula is C15H21N3O. The summed E-state index contributed by atoms with van der Waals surface area (Å²) in [5, 5.41) is 9.24. The van der Waals surface area contributed by atoms with Crippen LogP contribution in [0.25, 0.3) is 11.0 Å². The third kappa shape index (κ3) is 2.80. The number of hydrogen-bond acceptors (Lipinski definition) is 3. The summed E-state index contributed by atoms with van der Waals surface area (Å²) < 4.78 is 0. The zero-order valence-corrected chi connectivity index (χ0v) is 11.2. The number of para-hydroxylation sites is 2. The molecule has 0 saturated heterocycles. The highest BCUT2D eigenvalue weighted by Crippen LogP contribution is 2.24. The number of nitrogens with zero attached hydrogens (tertiary/aromatic N) is 2. The maximum atomic E-state index is 9.24.